The molecule has 20 heavy (non-hydrogen) atoms. The van der Waals surface area contributed by atoms with E-state index in [9.17, 15) is 0 Å². The van der Waals surface area contributed by atoms with Gasteiger partial charge in [0.25, 0.3) is 0 Å². The van der Waals surface area contributed by atoms with Crippen LogP contribution in [-0.4, -0.2) is 22.3 Å². The van der Waals surface area contributed by atoms with E-state index in [0.717, 1.165) is 28.6 Å². The lowest BCUT2D eigenvalue weighted by molar-refractivity contribution is 0.412. The Balaban J connectivity index is 2.03. The number of aryl methyl sites for hydroxylation is 1. The molecule has 0 bridgehead atoms. The van der Waals surface area contributed by atoms with E-state index in [1.807, 2.05) is 25.1 Å². The van der Waals surface area contributed by atoms with E-state index in [4.69, 9.17) is 4.42 Å². The molecule has 2 rings (SSSR count). The summed E-state index contributed by atoms with van der Waals surface area (Å²) in [4.78, 5) is 0. The molecule has 0 fully saturated rings. The third-order valence-electron chi connectivity index (χ3n) is 2.87. The van der Waals surface area contributed by atoms with Gasteiger partial charge in [-0.1, -0.05) is 15.9 Å². The molecular weight excluding hydrogens is 318 g/mol. The molecule has 0 saturated heterocycles. The predicted octanol–water partition coefficient (Wildman–Crippen LogP) is 3.74. The average molecular weight is 338 g/mol. The molecular formula is C15H20BrN3O. The number of halogens is 1. The van der Waals surface area contributed by atoms with Gasteiger partial charge in [-0.2, -0.15) is 0 Å². The molecule has 0 aliphatic carbocycles. The molecule has 0 radical (unpaired) electrons. The predicted molar refractivity (Wildman–Crippen MR) is 83.6 cm³/mol. The highest BCUT2D eigenvalue weighted by atomic mass is 79.9. The Morgan fingerprint density at radius 2 is 2.00 bits per heavy atom. The van der Waals surface area contributed by atoms with Gasteiger partial charge in [-0.25, -0.2) is 0 Å². The van der Waals surface area contributed by atoms with E-state index in [-0.39, 0.29) is 5.54 Å². The van der Waals surface area contributed by atoms with Crippen LogP contribution in [0.4, 0.5) is 0 Å². The van der Waals surface area contributed by atoms with Gasteiger partial charge in [-0.3, -0.25) is 0 Å². The van der Waals surface area contributed by atoms with Crippen molar-refractivity contribution in [2.75, 3.05) is 6.54 Å². The zero-order valence-electron chi connectivity index (χ0n) is 12.3. The van der Waals surface area contributed by atoms with Gasteiger partial charge in [-0.15, -0.1) is 10.2 Å². The molecule has 0 spiro atoms. The second-order valence-corrected chi connectivity index (χ2v) is 6.75. The van der Waals surface area contributed by atoms with Crippen LogP contribution in [0.25, 0.3) is 11.5 Å². The topological polar surface area (TPSA) is 51.0 Å². The van der Waals surface area contributed by atoms with Crippen LogP contribution in [0.5, 0.6) is 0 Å². The maximum absolute atomic E-state index is 5.70. The number of rotatable bonds is 4. The van der Waals surface area contributed by atoms with Crippen LogP contribution in [0, 0.1) is 6.92 Å². The summed E-state index contributed by atoms with van der Waals surface area (Å²) in [5, 5.41) is 11.6. The number of nitrogens with one attached hydrogen (secondary N) is 1. The Labute approximate surface area is 128 Å². The summed E-state index contributed by atoms with van der Waals surface area (Å²) in [5.74, 6) is 1.24. The summed E-state index contributed by atoms with van der Waals surface area (Å²) in [6.45, 7) is 9.27. The maximum atomic E-state index is 5.70. The first-order valence-electron chi connectivity index (χ1n) is 6.69. The summed E-state index contributed by atoms with van der Waals surface area (Å²) < 4.78 is 6.78. The Morgan fingerprint density at radius 1 is 1.25 bits per heavy atom. The number of hydrogen-bond acceptors (Lipinski definition) is 4. The number of nitrogens with zero attached hydrogens (tertiary/aromatic N) is 2. The maximum Gasteiger partial charge on any atom is 0.247 e. The number of benzene rings is 1. The second-order valence-electron chi connectivity index (χ2n) is 5.89. The Hall–Kier alpha value is -1.20. The van der Waals surface area contributed by atoms with Crippen LogP contribution in [-0.2, 0) is 6.42 Å². The highest BCUT2D eigenvalue weighted by Crippen LogP contribution is 2.24. The van der Waals surface area contributed by atoms with Crippen molar-refractivity contribution >= 4 is 15.9 Å². The van der Waals surface area contributed by atoms with Crippen LogP contribution >= 0.6 is 15.9 Å². The highest BCUT2D eigenvalue weighted by Gasteiger charge is 2.12. The highest BCUT2D eigenvalue weighted by molar-refractivity contribution is 9.10. The standard InChI is InChI=1S/C15H20BrN3O/c1-10-9-11(5-6-12(10)16)14-19-18-13(20-14)7-8-17-15(2,3)4/h5-6,9,17H,7-8H2,1-4H3. The van der Waals surface area contributed by atoms with Crippen LogP contribution in [0.2, 0.25) is 0 Å². The number of hydrogen-bond donors (Lipinski definition) is 1. The van der Waals surface area contributed by atoms with Gasteiger partial charge in [0.2, 0.25) is 11.8 Å². The van der Waals surface area contributed by atoms with Crippen molar-refractivity contribution in [3.8, 4) is 11.5 Å². The first-order chi connectivity index (χ1) is 9.35. The third kappa shape index (κ3) is 4.15. The molecule has 0 amide bonds. The Kier molecular flexibility index (Phi) is 4.60. The molecule has 0 atom stereocenters. The van der Waals surface area contributed by atoms with E-state index >= 15 is 0 Å². The van der Waals surface area contributed by atoms with Crippen LogP contribution in [0.15, 0.2) is 27.1 Å². The van der Waals surface area contributed by atoms with Crippen LogP contribution in [0.1, 0.15) is 32.2 Å². The fourth-order valence-corrected chi connectivity index (χ4v) is 2.04. The quantitative estimate of drug-likeness (QED) is 0.923. The van der Waals surface area contributed by atoms with Gasteiger partial charge < -0.3 is 9.73 Å². The zero-order valence-corrected chi connectivity index (χ0v) is 13.9. The lowest BCUT2D eigenvalue weighted by atomic mass is 10.1. The first-order valence-corrected chi connectivity index (χ1v) is 7.48. The van der Waals surface area contributed by atoms with Crippen molar-refractivity contribution in [1.82, 2.24) is 15.5 Å². The fraction of sp³-hybridized carbons (Fsp3) is 0.467. The molecule has 0 unspecified atom stereocenters. The molecule has 1 N–H and O–H groups in total. The molecule has 5 heteroatoms. The van der Waals surface area contributed by atoms with Crippen molar-refractivity contribution in [2.24, 2.45) is 0 Å². The summed E-state index contributed by atoms with van der Waals surface area (Å²) in [6.07, 6.45) is 0.736. The minimum absolute atomic E-state index is 0.103. The lowest BCUT2D eigenvalue weighted by Gasteiger charge is -2.19. The molecule has 0 saturated carbocycles. The van der Waals surface area contributed by atoms with E-state index in [1.54, 1.807) is 0 Å². The van der Waals surface area contributed by atoms with Crippen LogP contribution < -0.4 is 5.32 Å². The monoisotopic (exact) mass is 337 g/mol. The second kappa shape index (κ2) is 6.06. The minimum Gasteiger partial charge on any atom is -0.421 e. The Bertz CT molecular complexity index is 587. The van der Waals surface area contributed by atoms with Crippen molar-refractivity contribution in [1.29, 1.82) is 0 Å². The summed E-state index contributed by atoms with van der Waals surface area (Å²) in [6, 6.07) is 6.01. The van der Waals surface area contributed by atoms with Crippen molar-refractivity contribution in [3.05, 3.63) is 34.1 Å². The fourth-order valence-electron chi connectivity index (χ4n) is 1.79. The minimum atomic E-state index is 0.103. The van der Waals surface area contributed by atoms with Crippen molar-refractivity contribution in [3.63, 3.8) is 0 Å². The summed E-state index contributed by atoms with van der Waals surface area (Å²) in [5.41, 5.74) is 2.20. The van der Waals surface area contributed by atoms with Gasteiger partial charge >= 0.3 is 0 Å². The van der Waals surface area contributed by atoms with Crippen molar-refractivity contribution in [2.45, 2.75) is 39.7 Å². The first kappa shape index (κ1) is 15.2. The van der Waals surface area contributed by atoms with Gasteiger partial charge in [0, 0.05) is 28.5 Å². The molecule has 4 nitrogen and oxygen atoms in total. The molecule has 0 aliphatic heterocycles. The van der Waals surface area contributed by atoms with Gasteiger partial charge in [-0.05, 0) is 51.5 Å². The smallest absolute Gasteiger partial charge is 0.247 e. The summed E-state index contributed by atoms with van der Waals surface area (Å²) >= 11 is 3.48. The third-order valence-corrected chi connectivity index (χ3v) is 3.76. The molecule has 108 valence electrons. The van der Waals surface area contributed by atoms with E-state index < -0.39 is 0 Å². The normalized spacial score (nSPS) is 11.8. The Morgan fingerprint density at radius 3 is 2.65 bits per heavy atom. The van der Waals surface area contributed by atoms with E-state index in [0.29, 0.717) is 11.8 Å². The lowest BCUT2D eigenvalue weighted by Crippen LogP contribution is -2.37. The van der Waals surface area contributed by atoms with Gasteiger partial charge in [0.15, 0.2) is 0 Å². The van der Waals surface area contributed by atoms with Crippen LogP contribution in [0.3, 0.4) is 0 Å². The molecule has 1 heterocycles. The number of aromatic nitrogens is 2. The molecule has 1 aromatic carbocycles. The largest absolute Gasteiger partial charge is 0.421 e. The molecule has 2 aromatic rings. The van der Waals surface area contributed by atoms with E-state index in [2.05, 4.69) is 52.2 Å². The molecule has 0 aliphatic rings. The van der Waals surface area contributed by atoms with Crippen molar-refractivity contribution < 1.29 is 4.42 Å². The zero-order chi connectivity index (χ0) is 14.8. The SMILES string of the molecule is Cc1cc(-c2nnc(CCNC(C)(C)C)o2)ccc1Br. The van der Waals surface area contributed by atoms with Gasteiger partial charge in [0.1, 0.15) is 0 Å². The van der Waals surface area contributed by atoms with Gasteiger partial charge in [0.05, 0.1) is 0 Å². The summed E-state index contributed by atoms with van der Waals surface area (Å²) in [7, 11) is 0. The molecule has 1 aromatic heterocycles. The van der Waals surface area contributed by atoms with E-state index in [1.165, 1.54) is 0 Å². The average Bonchev–Trinajstić information content (AvgIpc) is 2.80.